The monoisotopic (exact) mass is 413 g/mol. The number of anilines is 1. The van der Waals surface area contributed by atoms with E-state index in [1.54, 1.807) is 12.1 Å². The van der Waals surface area contributed by atoms with Gasteiger partial charge in [0.25, 0.3) is 5.91 Å². The van der Waals surface area contributed by atoms with Crippen LogP contribution in [0.4, 0.5) is 5.69 Å². The molecule has 2 unspecified atom stereocenters. The van der Waals surface area contributed by atoms with Gasteiger partial charge in [-0.1, -0.05) is 66.7 Å². The fourth-order valence-electron chi connectivity index (χ4n) is 4.12. The van der Waals surface area contributed by atoms with Crippen molar-refractivity contribution in [1.29, 1.82) is 0 Å². The van der Waals surface area contributed by atoms with Crippen LogP contribution in [0.2, 0.25) is 0 Å². The van der Waals surface area contributed by atoms with Crippen LogP contribution in [0.1, 0.15) is 34.5 Å². The summed E-state index contributed by atoms with van der Waals surface area (Å²) in [7, 11) is 0. The first-order chi connectivity index (χ1) is 15.1. The molecule has 0 bridgehead atoms. The van der Waals surface area contributed by atoms with E-state index in [0.29, 0.717) is 18.2 Å². The van der Waals surface area contributed by atoms with Gasteiger partial charge in [0.05, 0.1) is 0 Å². The lowest BCUT2D eigenvalue weighted by atomic mass is 10.1. The number of hydrogen-bond acceptors (Lipinski definition) is 3. The zero-order chi connectivity index (χ0) is 21.6. The Hall–Kier alpha value is -3.60. The van der Waals surface area contributed by atoms with Crippen molar-refractivity contribution in [3.05, 3.63) is 102 Å². The maximum absolute atomic E-state index is 13.1. The summed E-state index contributed by atoms with van der Waals surface area (Å²) >= 11 is 0. The van der Waals surface area contributed by atoms with Crippen molar-refractivity contribution in [2.45, 2.75) is 25.4 Å². The van der Waals surface area contributed by atoms with Crippen LogP contribution in [0.5, 0.6) is 0 Å². The fraction of sp³-hybridized carbons (Fsp3) is 0.231. The first-order valence-corrected chi connectivity index (χ1v) is 10.7. The highest BCUT2D eigenvalue weighted by Gasteiger charge is 2.26. The van der Waals surface area contributed by atoms with E-state index in [-0.39, 0.29) is 11.8 Å². The second-order valence-corrected chi connectivity index (χ2v) is 7.85. The Morgan fingerprint density at radius 3 is 2.32 bits per heavy atom. The number of amides is 2. The molecule has 3 aromatic carbocycles. The molecule has 4 rings (SSSR count). The van der Waals surface area contributed by atoms with E-state index in [9.17, 15) is 9.59 Å². The summed E-state index contributed by atoms with van der Waals surface area (Å²) in [4.78, 5) is 28.1. The van der Waals surface area contributed by atoms with Crippen molar-refractivity contribution in [3.8, 4) is 0 Å². The Morgan fingerprint density at radius 1 is 0.935 bits per heavy atom. The molecule has 1 heterocycles. The average molecular weight is 414 g/mol. The molecule has 0 aromatic heterocycles. The van der Waals surface area contributed by atoms with E-state index in [2.05, 4.69) is 40.7 Å². The molecule has 2 amide bonds. The molecule has 3 aromatic rings. The van der Waals surface area contributed by atoms with Gasteiger partial charge < -0.3 is 15.5 Å². The highest BCUT2D eigenvalue weighted by molar-refractivity contribution is 5.97. The second kappa shape index (κ2) is 9.47. The van der Waals surface area contributed by atoms with E-state index in [1.165, 1.54) is 11.3 Å². The third kappa shape index (κ3) is 4.77. The number of nitrogens with one attached hydrogen (secondary N) is 2. The molecule has 1 aliphatic heterocycles. The van der Waals surface area contributed by atoms with Gasteiger partial charge in [-0.15, -0.1) is 0 Å². The molecule has 0 radical (unpaired) electrons. The number of benzene rings is 3. The van der Waals surface area contributed by atoms with Crippen LogP contribution in [0.15, 0.2) is 84.9 Å². The van der Waals surface area contributed by atoms with Crippen LogP contribution in [-0.4, -0.2) is 30.9 Å². The average Bonchev–Trinajstić information content (AvgIpc) is 3.13. The zero-order valence-corrected chi connectivity index (χ0v) is 17.6. The predicted molar refractivity (Wildman–Crippen MR) is 123 cm³/mol. The number of rotatable bonds is 7. The van der Waals surface area contributed by atoms with Crippen LogP contribution in [0, 0.1) is 0 Å². The molecule has 0 spiro atoms. The highest BCUT2D eigenvalue weighted by Crippen LogP contribution is 2.31. The van der Waals surface area contributed by atoms with Crippen molar-refractivity contribution in [2.75, 3.05) is 18.0 Å². The van der Waals surface area contributed by atoms with Crippen molar-refractivity contribution < 1.29 is 9.59 Å². The molecular weight excluding hydrogens is 386 g/mol. The Kier molecular flexibility index (Phi) is 6.32. The summed E-state index contributed by atoms with van der Waals surface area (Å²) in [5.41, 5.74) is 3.86. The molecule has 1 aliphatic rings. The van der Waals surface area contributed by atoms with Crippen molar-refractivity contribution >= 4 is 17.5 Å². The summed E-state index contributed by atoms with van der Waals surface area (Å²) in [5.74, 6) is -0.484. The Labute approximate surface area is 183 Å². The van der Waals surface area contributed by atoms with Gasteiger partial charge in [-0.3, -0.25) is 9.59 Å². The quantitative estimate of drug-likeness (QED) is 0.621. The lowest BCUT2D eigenvalue weighted by molar-refractivity contribution is -0.123. The van der Waals surface area contributed by atoms with Gasteiger partial charge >= 0.3 is 0 Å². The third-order valence-electron chi connectivity index (χ3n) is 5.71. The number of fused-ring (bicyclic) bond motifs is 1. The van der Waals surface area contributed by atoms with E-state index >= 15 is 0 Å². The topological polar surface area (TPSA) is 61.4 Å². The Balaban J connectivity index is 1.42. The Morgan fingerprint density at radius 2 is 1.58 bits per heavy atom. The minimum absolute atomic E-state index is 0.212. The summed E-state index contributed by atoms with van der Waals surface area (Å²) in [6.45, 7) is 3.43. The summed E-state index contributed by atoms with van der Waals surface area (Å²) in [6, 6.07) is 26.3. The second-order valence-electron chi connectivity index (χ2n) is 7.85. The summed E-state index contributed by atoms with van der Waals surface area (Å²) in [5, 5.41) is 5.91. The summed E-state index contributed by atoms with van der Waals surface area (Å²) in [6.07, 6.45) is 1.02. The largest absolute Gasteiger partial charge is 0.367 e. The fourth-order valence-corrected chi connectivity index (χ4v) is 4.12. The van der Waals surface area contributed by atoms with Crippen molar-refractivity contribution in [3.63, 3.8) is 0 Å². The lowest BCUT2D eigenvalue weighted by Gasteiger charge is -2.26. The van der Waals surface area contributed by atoms with Crippen molar-refractivity contribution in [2.24, 2.45) is 0 Å². The first kappa shape index (κ1) is 20.7. The van der Waals surface area contributed by atoms with E-state index in [1.807, 2.05) is 54.6 Å². The molecule has 5 heteroatoms. The molecule has 0 fully saturated rings. The number of carbonyl (C=O) groups is 2. The SMILES string of the molecule is CC1Cc2ccccc2N1CCNC(=O)C(NC(=O)c1ccccc1)c1ccccc1. The van der Waals surface area contributed by atoms with Gasteiger partial charge in [0.1, 0.15) is 6.04 Å². The highest BCUT2D eigenvalue weighted by atomic mass is 16.2. The molecule has 0 saturated carbocycles. The molecule has 2 N–H and O–H groups in total. The molecule has 158 valence electrons. The number of carbonyl (C=O) groups excluding carboxylic acids is 2. The van der Waals surface area contributed by atoms with Gasteiger partial charge in [-0.25, -0.2) is 0 Å². The predicted octanol–water partition coefficient (Wildman–Crippen LogP) is 3.73. The van der Waals surface area contributed by atoms with Crippen LogP contribution in [-0.2, 0) is 11.2 Å². The summed E-state index contributed by atoms with van der Waals surface area (Å²) < 4.78 is 0. The standard InChI is InChI=1S/C26H27N3O2/c1-19-18-22-14-8-9-15-23(22)29(19)17-16-27-26(31)24(20-10-4-2-5-11-20)28-25(30)21-12-6-3-7-13-21/h2-15,19,24H,16-18H2,1H3,(H,27,31)(H,28,30). The molecular formula is C26H27N3O2. The van der Waals surface area contributed by atoms with E-state index < -0.39 is 6.04 Å². The van der Waals surface area contributed by atoms with Gasteiger partial charge in [0.15, 0.2) is 0 Å². The molecule has 0 aliphatic carbocycles. The van der Waals surface area contributed by atoms with E-state index in [0.717, 1.165) is 18.5 Å². The molecule has 0 saturated heterocycles. The maximum Gasteiger partial charge on any atom is 0.252 e. The molecule has 31 heavy (non-hydrogen) atoms. The van der Waals surface area contributed by atoms with Gasteiger partial charge in [-0.05, 0) is 42.7 Å². The van der Waals surface area contributed by atoms with Crippen LogP contribution in [0.25, 0.3) is 0 Å². The smallest absolute Gasteiger partial charge is 0.252 e. The normalized spacial score (nSPS) is 15.8. The van der Waals surface area contributed by atoms with Crippen LogP contribution >= 0.6 is 0 Å². The first-order valence-electron chi connectivity index (χ1n) is 10.7. The minimum atomic E-state index is -0.753. The minimum Gasteiger partial charge on any atom is -0.367 e. The van der Waals surface area contributed by atoms with Gasteiger partial charge in [0.2, 0.25) is 5.91 Å². The van der Waals surface area contributed by atoms with Crippen molar-refractivity contribution in [1.82, 2.24) is 10.6 Å². The number of hydrogen-bond donors (Lipinski definition) is 2. The van der Waals surface area contributed by atoms with Gasteiger partial charge in [0, 0.05) is 30.4 Å². The zero-order valence-electron chi connectivity index (χ0n) is 17.6. The number of nitrogens with zero attached hydrogens (tertiary/aromatic N) is 1. The third-order valence-corrected chi connectivity index (χ3v) is 5.71. The van der Waals surface area contributed by atoms with E-state index in [4.69, 9.17) is 0 Å². The molecule has 5 nitrogen and oxygen atoms in total. The molecule has 2 atom stereocenters. The van der Waals surface area contributed by atoms with Crippen LogP contribution in [0.3, 0.4) is 0 Å². The van der Waals surface area contributed by atoms with Crippen LogP contribution < -0.4 is 15.5 Å². The Bertz CT molecular complexity index is 1040. The lowest BCUT2D eigenvalue weighted by Crippen LogP contribution is -2.43. The maximum atomic E-state index is 13.1. The van der Waals surface area contributed by atoms with Gasteiger partial charge in [-0.2, -0.15) is 0 Å². The number of para-hydroxylation sites is 1.